The molecule has 2 rings (SSSR count). The molecule has 0 fully saturated rings. The fraction of sp³-hybridized carbons (Fsp3) is 0.235. The second kappa shape index (κ2) is 8.93. The minimum atomic E-state index is -0.438. The number of nitro groups is 1. The lowest BCUT2D eigenvalue weighted by Crippen LogP contribution is -2.14. The first-order chi connectivity index (χ1) is 12.0. The van der Waals surface area contributed by atoms with E-state index in [0.717, 1.165) is 5.56 Å². The number of nitrogens with zero attached hydrogens (tertiary/aromatic N) is 1. The molecule has 2 aromatic rings. The van der Waals surface area contributed by atoms with Crippen molar-refractivity contribution in [3.8, 4) is 11.5 Å². The van der Waals surface area contributed by atoms with E-state index >= 15 is 0 Å². The standard InChI is InChI=1S/C17H18N2O5S/c1-23-14-7-8-15(16(9-14)24-2)18-17(20)11-25-10-12-3-5-13(6-4-12)19(21)22/h3-9H,10-11H2,1-2H3,(H,18,20). The van der Waals surface area contributed by atoms with Gasteiger partial charge in [0, 0.05) is 24.0 Å². The van der Waals surface area contributed by atoms with E-state index in [-0.39, 0.29) is 17.3 Å². The number of rotatable bonds is 8. The van der Waals surface area contributed by atoms with E-state index in [2.05, 4.69) is 5.32 Å². The van der Waals surface area contributed by atoms with E-state index in [1.165, 1.54) is 31.0 Å². The first-order valence-corrected chi connectivity index (χ1v) is 8.52. The number of nitro benzene ring substituents is 1. The SMILES string of the molecule is COc1ccc(NC(=O)CSCc2ccc([N+](=O)[O-])cc2)c(OC)c1. The molecule has 25 heavy (non-hydrogen) atoms. The van der Waals surface area contributed by atoms with Gasteiger partial charge in [-0.3, -0.25) is 14.9 Å². The van der Waals surface area contributed by atoms with Crippen LogP contribution in [0.25, 0.3) is 0 Å². The largest absolute Gasteiger partial charge is 0.497 e. The Morgan fingerprint density at radius 1 is 1.16 bits per heavy atom. The Bertz CT molecular complexity index is 749. The van der Waals surface area contributed by atoms with Crippen LogP contribution in [-0.2, 0) is 10.5 Å². The molecule has 132 valence electrons. The van der Waals surface area contributed by atoms with Crippen molar-refractivity contribution in [3.63, 3.8) is 0 Å². The van der Waals surface area contributed by atoms with Gasteiger partial charge in [-0.25, -0.2) is 0 Å². The fourth-order valence-electron chi connectivity index (χ4n) is 2.06. The lowest BCUT2D eigenvalue weighted by atomic mass is 10.2. The molecule has 1 amide bonds. The molecule has 0 saturated carbocycles. The first-order valence-electron chi connectivity index (χ1n) is 7.36. The average Bonchev–Trinajstić information content (AvgIpc) is 2.62. The highest BCUT2D eigenvalue weighted by atomic mass is 32.2. The summed E-state index contributed by atoms with van der Waals surface area (Å²) in [4.78, 5) is 22.2. The summed E-state index contributed by atoms with van der Waals surface area (Å²) in [5.74, 6) is 1.85. The number of carbonyl (C=O) groups is 1. The van der Waals surface area contributed by atoms with Crippen molar-refractivity contribution in [2.24, 2.45) is 0 Å². The topological polar surface area (TPSA) is 90.7 Å². The number of ether oxygens (including phenoxy) is 2. The maximum atomic E-state index is 12.1. The third-order valence-electron chi connectivity index (χ3n) is 3.33. The van der Waals surface area contributed by atoms with Gasteiger partial charge in [0.15, 0.2) is 0 Å². The van der Waals surface area contributed by atoms with Gasteiger partial charge in [0.05, 0.1) is 30.6 Å². The summed E-state index contributed by atoms with van der Waals surface area (Å²) in [5.41, 5.74) is 1.55. The number of carbonyl (C=O) groups excluding carboxylic acids is 1. The Morgan fingerprint density at radius 2 is 1.88 bits per heavy atom. The quantitative estimate of drug-likeness (QED) is 0.571. The molecule has 0 heterocycles. The second-order valence-electron chi connectivity index (χ2n) is 5.03. The van der Waals surface area contributed by atoms with Crippen LogP contribution in [-0.4, -0.2) is 30.8 Å². The molecule has 2 aromatic carbocycles. The molecule has 0 spiro atoms. The lowest BCUT2D eigenvalue weighted by molar-refractivity contribution is -0.384. The highest BCUT2D eigenvalue weighted by molar-refractivity contribution is 7.99. The van der Waals surface area contributed by atoms with Gasteiger partial charge in [0.25, 0.3) is 5.69 Å². The van der Waals surface area contributed by atoms with Crippen LogP contribution in [0.2, 0.25) is 0 Å². The van der Waals surface area contributed by atoms with Crippen LogP contribution in [0, 0.1) is 10.1 Å². The smallest absolute Gasteiger partial charge is 0.269 e. The van der Waals surface area contributed by atoms with Gasteiger partial charge < -0.3 is 14.8 Å². The van der Waals surface area contributed by atoms with E-state index in [4.69, 9.17) is 9.47 Å². The van der Waals surface area contributed by atoms with Crippen LogP contribution in [0.3, 0.4) is 0 Å². The number of methoxy groups -OCH3 is 2. The van der Waals surface area contributed by atoms with Crippen molar-refractivity contribution in [3.05, 3.63) is 58.1 Å². The van der Waals surface area contributed by atoms with Gasteiger partial charge >= 0.3 is 0 Å². The molecule has 1 N–H and O–H groups in total. The van der Waals surface area contributed by atoms with E-state index in [1.807, 2.05) is 0 Å². The van der Waals surface area contributed by atoms with Crippen molar-refractivity contribution >= 4 is 29.0 Å². The Labute approximate surface area is 149 Å². The number of nitrogens with one attached hydrogen (secondary N) is 1. The Morgan fingerprint density at radius 3 is 2.48 bits per heavy atom. The van der Waals surface area contributed by atoms with Crippen molar-refractivity contribution in [1.29, 1.82) is 0 Å². The highest BCUT2D eigenvalue weighted by Gasteiger charge is 2.09. The van der Waals surface area contributed by atoms with Gasteiger partial charge in [-0.15, -0.1) is 11.8 Å². The normalized spacial score (nSPS) is 10.2. The summed E-state index contributed by atoms with van der Waals surface area (Å²) >= 11 is 1.42. The molecular formula is C17H18N2O5S. The monoisotopic (exact) mass is 362 g/mol. The summed E-state index contributed by atoms with van der Waals surface area (Å²) in [6, 6.07) is 11.4. The highest BCUT2D eigenvalue weighted by Crippen LogP contribution is 2.29. The number of hydrogen-bond donors (Lipinski definition) is 1. The number of non-ortho nitro benzene ring substituents is 1. The number of anilines is 1. The molecule has 8 heteroatoms. The van der Waals surface area contributed by atoms with E-state index in [0.29, 0.717) is 22.9 Å². The Hall–Kier alpha value is -2.74. The molecule has 0 unspecified atom stereocenters. The van der Waals surface area contributed by atoms with Crippen molar-refractivity contribution < 1.29 is 19.2 Å². The van der Waals surface area contributed by atoms with Crippen molar-refractivity contribution in [2.45, 2.75) is 5.75 Å². The van der Waals surface area contributed by atoms with E-state index in [1.54, 1.807) is 37.4 Å². The first kappa shape index (κ1) is 18.6. The Kier molecular flexibility index (Phi) is 6.64. The van der Waals surface area contributed by atoms with Crippen LogP contribution in [0.15, 0.2) is 42.5 Å². The van der Waals surface area contributed by atoms with Crippen LogP contribution in [0.5, 0.6) is 11.5 Å². The number of thioether (sulfide) groups is 1. The molecule has 0 bridgehead atoms. The maximum Gasteiger partial charge on any atom is 0.269 e. The van der Waals surface area contributed by atoms with E-state index < -0.39 is 4.92 Å². The van der Waals surface area contributed by atoms with Crippen LogP contribution in [0.4, 0.5) is 11.4 Å². The van der Waals surface area contributed by atoms with Crippen LogP contribution < -0.4 is 14.8 Å². The molecule has 0 aliphatic heterocycles. The van der Waals surface area contributed by atoms with Gasteiger partial charge in [0.1, 0.15) is 11.5 Å². The molecular weight excluding hydrogens is 344 g/mol. The van der Waals surface area contributed by atoms with Crippen molar-refractivity contribution in [1.82, 2.24) is 0 Å². The summed E-state index contributed by atoms with van der Waals surface area (Å²) in [6.07, 6.45) is 0. The van der Waals surface area contributed by atoms with Crippen LogP contribution in [0.1, 0.15) is 5.56 Å². The van der Waals surface area contributed by atoms with E-state index in [9.17, 15) is 14.9 Å². The molecule has 0 radical (unpaired) electrons. The third kappa shape index (κ3) is 5.39. The number of hydrogen-bond acceptors (Lipinski definition) is 6. The zero-order valence-electron chi connectivity index (χ0n) is 13.9. The Balaban J connectivity index is 1.85. The zero-order valence-corrected chi connectivity index (χ0v) is 14.7. The molecule has 0 aliphatic rings. The maximum absolute atomic E-state index is 12.1. The summed E-state index contributed by atoms with van der Waals surface area (Å²) in [5, 5.41) is 13.4. The van der Waals surface area contributed by atoms with Gasteiger partial charge in [-0.1, -0.05) is 12.1 Å². The van der Waals surface area contributed by atoms with Gasteiger partial charge in [-0.05, 0) is 17.7 Å². The van der Waals surface area contributed by atoms with Gasteiger partial charge in [0.2, 0.25) is 5.91 Å². The summed E-state index contributed by atoms with van der Waals surface area (Å²) in [7, 11) is 3.08. The van der Waals surface area contributed by atoms with Gasteiger partial charge in [-0.2, -0.15) is 0 Å². The molecule has 0 atom stereocenters. The van der Waals surface area contributed by atoms with Crippen LogP contribution >= 0.6 is 11.8 Å². The summed E-state index contributed by atoms with van der Waals surface area (Å²) < 4.78 is 10.4. The third-order valence-corrected chi connectivity index (χ3v) is 4.34. The molecule has 0 saturated heterocycles. The van der Waals surface area contributed by atoms with Crippen molar-refractivity contribution in [2.75, 3.05) is 25.3 Å². The summed E-state index contributed by atoms with van der Waals surface area (Å²) in [6.45, 7) is 0. The number of benzene rings is 2. The molecule has 7 nitrogen and oxygen atoms in total. The minimum Gasteiger partial charge on any atom is -0.497 e. The fourth-order valence-corrected chi connectivity index (χ4v) is 2.85. The average molecular weight is 362 g/mol. The predicted octanol–water partition coefficient (Wildman–Crippen LogP) is 3.48. The predicted molar refractivity (Wildman–Crippen MR) is 97.4 cm³/mol. The molecule has 0 aliphatic carbocycles. The minimum absolute atomic E-state index is 0.0538. The second-order valence-corrected chi connectivity index (χ2v) is 6.02. The lowest BCUT2D eigenvalue weighted by Gasteiger charge is -2.11. The molecule has 0 aromatic heterocycles. The number of amides is 1. The zero-order chi connectivity index (χ0) is 18.2.